The molecule has 2 aromatic heterocycles. The number of hydrogen-bond donors (Lipinski definition) is 2. The van der Waals surface area contributed by atoms with Crippen LogP contribution >= 0.6 is 0 Å². The Labute approximate surface area is 250 Å². The fourth-order valence-corrected chi connectivity index (χ4v) is 6.73. The van der Waals surface area contributed by atoms with E-state index in [1.54, 1.807) is 0 Å². The van der Waals surface area contributed by atoms with Crippen molar-refractivity contribution in [3.63, 3.8) is 0 Å². The lowest BCUT2D eigenvalue weighted by Crippen LogP contribution is -2.08. The molecular formula is C40H24N2O2. The lowest BCUT2D eigenvalue weighted by molar-refractivity contribution is 1.46. The molecule has 4 nitrogen and oxygen atoms in total. The predicted octanol–water partition coefficient (Wildman–Crippen LogP) is 9.32. The molecule has 0 spiro atoms. The number of fused-ring (bicyclic) bond motifs is 6. The highest BCUT2D eigenvalue weighted by Gasteiger charge is 2.14. The number of pyridine rings is 2. The van der Waals surface area contributed by atoms with E-state index in [9.17, 15) is 9.59 Å². The Morgan fingerprint density at radius 2 is 0.750 bits per heavy atom. The Kier molecular flexibility index (Phi) is 5.17. The van der Waals surface area contributed by atoms with Crippen LogP contribution in [0, 0.1) is 0 Å². The van der Waals surface area contributed by atoms with E-state index in [2.05, 4.69) is 58.5 Å². The maximum atomic E-state index is 13.9. The number of aromatic amines is 2. The number of rotatable bonds is 2. The van der Waals surface area contributed by atoms with E-state index in [-0.39, 0.29) is 10.9 Å². The van der Waals surface area contributed by atoms with Crippen LogP contribution in [0.15, 0.2) is 143 Å². The van der Waals surface area contributed by atoms with Crippen LogP contribution in [0.4, 0.5) is 0 Å². The predicted molar refractivity (Wildman–Crippen MR) is 184 cm³/mol. The quantitative estimate of drug-likeness (QED) is 0.206. The Bertz CT molecular complexity index is 2570. The number of benzene rings is 7. The van der Waals surface area contributed by atoms with Crippen molar-refractivity contribution in [2.45, 2.75) is 0 Å². The molecule has 0 saturated carbocycles. The van der Waals surface area contributed by atoms with Crippen molar-refractivity contribution in [2.75, 3.05) is 0 Å². The van der Waals surface area contributed by atoms with Crippen molar-refractivity contribution in [3.8, 4) is 22.3 Å². The Morgan fingerprint density at radius 1 is 0.341 bits per heavy atom. The van der Waals surface area contributed by atoms with Crippen LogP contribution in [-0.4, -0.2) is 9.97 Å². The van der Waals surface area contributed by atoms with E-state index in [0.717, 1.165) is 54.8 Å². The van der Waals surface area contributed by atoms with Gasteiger partial charge in [0, 0.05) is 32.6 Å². The summed E-state index contributed by atoms with van der Waals surface area (Å²) in [5, 5.41) is 6.92. The third-order valence-corrected chi connectivity index (χ3v) is 8.92. The van der Waals surface area contributed by atoms with Crippen molar-refractivity contribution in [1.82, 2.24) is 9.97 Å². The van der Waals surface area contributed by atoms with Gasteiger partial charge in [0.1, 0.15) is 0 Å². The van der Waals surface area contributed by atoms with E-state index in [1.807, 2.05) is 84.9 Å². The second kappa shape index (κ2) is 9.25. The average Bonchev–Trinajstić information content (AvgIpc) is 3.07. The topological polar surface area (TPSA) is 65.7 Å². The first-order valence-corrected chi connectivity index (χ1v) is 14.7. The molecule has 0 fully saturated rings. The van der Waals surface area contributed by atoms with Gasteiger partial charge in [-0.15, -0.1) is 0 Å². The molecule has 0 unspecified atom stereocenters. The van der Waals surface area contributed by atoms with Gasteiger partial charge in [0.25, 0.3) is 0 Å². The highest BCUT2D eigenvalue weighted by atomic mass is 16.1. The normalized spacial score (nSPS) is 11.8. The van der Waals surface area contributed by atoms with E-state index in [4.69, 9.17) is 0 Å². The van der Waals surface area contributed by atoms with Crippen LogP contribution in [0.2, 0.25) is 0 Å². The molecule has 0 amide bonds. The Balaban J connectivity index is 1.24. The lowest BCUT2D eigenvalue weighted by Gasteiger charge is -2.11. The summed E-state index contributed by atoms with van der Waals surface area (Å²) < 4.78 is 0. The van der Waals surface area contributed by atoms with Crippen molar-refractivity contribution in [2.24, 2.45) is 0 Å². The lowest BCUT2D eigenvalue weighted by atomic mass is 9.96. The third-order valence-electron chi connectivity index (χ3n) is 8.92. The molecule has 4 heteroatoms. The summed E-state index contributed by atoms with van der Waals surface area (Å²) in [6.07, 6.45) is 0. The SMILES string of the molecule is O=c1c2cc(-c3cccc4ccccc34)ccc2[nH]c2cc3c(=O)c4cc(-c5cccc6ccccc56)ccc4[nH]c3cc12. The third kappa shape index (κ3) is 3.64. The van der Waals surface area contributed by atoms with Crippen LogP contribution in [0.5, 0.6) is 0 Å². The minimum absolute atomic E-state index is 0.0648. The standard InChI is InChI=1S/C40H24N2O2/c43-39-31-19-25(29-13-5-9-23-7-1-3-11-27(23)29)15-17-35(31)41-37-22-34-38(21-33(37)39)42-36-18-16-26(20-32(36)40(34)44)30-14-6-10-24-8-2-4-12-28(24)30/h1-22H,(H,41,43)(H,42,44). The fraction of sp³-hybridized carbons (Fsp3) is 0. The van der Waals surface area contributed by atoms with Gasteiger partial charge in [0.05, 0.1) is 11.0 Å². The van der Waals surface area contributed by atoms with E-state index in [0.29, 0.717) is 32.6 Å². The zero-order valence-electron chi connectivity index (χ0n) is 23.5. The number of aromatic nitrogens is 2. The zero-order chi connectivity index (χ0) is 29.4. The maximum absolute atomic E-state index is 13.9. The Morgan fingerprint density at radius 3 is 1.23 bits per heavy atom. The van der Waals surface area contributed by atoms with Crippen molar-refractivity contribution < 1.29 is 0 Å². The summed E-state index contributed by atoms with van der Waals surface area (Å²) in [7, 11) is 0. The summed E-state index contributed by atoms with van der Waals surface area (Å²) in [4.78, 5) is 34.7. The number of H-pyrrole nitrogens is 2. The van der Waals surface area contributed by atoms with Gasteiger partial charge in [-0.25, -0.2) is 0 Å². The van der Waals surface area contributed by atoms with Crippen molar-refractivity contribution in [1.29, 1.82) is 0 Å². The van der Waals surface area contributed by atoms with Crippen LogP contribution < -0.4 is 10.9 Å². The average molecular weight is 565 g/mol. The summed E-state index contributed by atoms with van der Waals surface area (Å²) in [6.45, 7) is 0. The molecule has 0 aliphatic heterocycles. The minimum Gasteiger partial charge on any atom is -0.354 e. The van der Waals surface area contributed by atoms with Gasteiger partial charge in [0.15, 0.2) is 10.9 Å². The molecule has 0 aliphatic rings. The van der Waals surface area contributed by atoms with Crippen LogP contribution in [0.25, 0.3) is 87.4 Å². The zero-order valence-corrected chi connectivity index (χ0v) is 23.5. The molecule has 2 heterocycles. The summed E-state index contributed by atoms with van der Waals surface area (Å²) >= 11 is 0. The van der Waals surface area contributed by atoms with Gasteiger partial charge >= 0.3 is 0 Å². The van der Waals surface area contributed by atoms with Crippen LogP contribution in [-0.2, 0) is 0 Å². The molecule has 44 heavy (non-hydrogen) atoms. The van der Waals surface area contributed by atoms with Gasteiger partial charge in [-0.3, -0.25) is 9.59 Å². The maximum Gasteiger partial charge on any atom is 0.197 e. The minimum atomic E-state index is -0.0648. The van der Waals surface area contributed by atoms with Gasteiger partial charge < -0.3 is 9.97 Å². The fourth-order valence-electron chi connectivity index (χ4n) is 6.73. The van der Waals surface area contributed by atoms with E-state index < -0.39 is 0 Å². The Hall–Kier alpha value is -6.00. The summed E-state index contributed by atoms with van der Waals surface area (Å²) in [6, 6.07) is 44.6. The van der Waals surface area contributed by atoms with E-state index >= 15 is 0 Å². The highest BCUT2D eigenvalue weighted by Crippen LogP contribution is 2.32. The second-order valence-electron chi connectivity index (χ2n) is 11.4. The highest BCUT2D eigenvalue weighted by molar-refractivity contribution is 6.05. The molecule has 9 rings (SSSR count). The smallest absolute Gasteiger partial charge is 0.197 e. The summed E-state index contributed by atoms with van der Waals surface area (Å²) in [5.41, 5.74) is 6.77. The molecule has 0 saturated heterocycles. The van der Waals surface area contributed by atoms with Crippen molar-refractivity contribution in [3.05, 3.63) is 154 Å². The molecule has 0 aliphatic carbocycles. The summed E-state index contributed by atoms with van der Waals surface area (Å²) in [5.74, 6) is 0. The number of nitrogens with one attached hydrogen (secondary N) is 2. The first-order chi connectivity index (χ1) is 21.6. The number of hydrogen-bond acceptors (Lipinski definition) is 2. The van der Waals surface area contributed by atoms with Crippen LogP contribution in [0.3, 0.4) is 0 Å². The molecular weight excluding hydrogens is 540 g/mol. The van der Waals surface area contributed by atoms with Gasteiger partial charge in [-0.1, -0.05) is 97.1 Å². The first kappa shape index (κ1) is 24.6. The van der Waals surface area contributed by atoms with Gasteiger partial charge in [-0.2, -0.15) is 0 Å². The first-order valence-electron chi connectivity index (χ1n) is 14.7. The second-order valence-corrected chi connectivity index (χ2v) is 11.4. The van der Waals surface area contributed by atoms with Crippen LogP contribution in [0.1, 0.15) is 0 Å². The molecule has 0 bridgehead atoms. The molecule has 9 aromatic rings. The molecule has 0 radical (unpaired) electrons. The molecule has 206 valence electrons. The van der Waals surface area contributed by atoms with Gasteiger partial charge in [-0.05, 0) is 80.2 Å². The monoisotopic (exact) mass is 564 g/mol. The largest absolute Gasteiger partial charge is 0.354 e. The molecule has 0 atom stereocenters. The molecule has 7 aromatic carbocycles. The molecule has 2 N–H and O–H groups in total. The van der Waals surface area contributed by atoms with E-state index in [1.165, 1.54) is 0 Å². The van der Waals surface area contributed by atoms with Crippen molar-refractivity contribution >= 4 is 65.2 Å². The van der Waals surface area contributed by atoms with Gasteiger partial charge in [0.2, 0.25) is 0 Å².